The van der Waals surface area contributed by atoms with Gasteiger partial charge in [0.2, 0.25) is 0 Å². The van der Waals surface area contributed by atoms with Gasteiger partial charge >= 0.3 is 0 Å². The molecule has 21 heavy (non-hydrogen) atoms. The summed E-state index contributed by atoms with van der Waals surface area (Å²) in [6, 6.07) is 10.0. The molecule has 0 spiro atoms. The molecule has 0 unspecified atom stereocenters. The molecule has 0 amide bonds. The van der Waals surface area contributed by atoms with Gasteiger partial charge in [-0.3, -0.25) is 4.79 Å². The molecule has 3 rings (SSSR count). The standard InChI is InChI=1S/C17H14O4/c1-9-5-3-4-6-12(9)17-10(2)16(20)15-13(19)7-11(18)8-14(15)21-17/h3-8,18-19H,1-2H3. The number of benzene rings is 2. The maximum atomic E-state index is 12.5. The minimum Gasteiger partial charge on any atom is -0.508 e. The average molecular weight is 282 g/mol. The van der Waals surface area contributed by atoms with Crippen molar-refractivity contribution in [3.63, 3.8) is 0 Å². The highest BCUT2D eigenvalue weighted by molar-refractivity contribution is 5.87. The summed E-state index contributed by atoms with van der Waals surface area (Å²) < 4.78 is 5.78. The molecule has 0 aliphatic carbocycles. The fourth-order valence-electron chi connectivity index (χ4n) is 2.46. The summed E-state index contributed by atoms with van der Waals surface area (Å²) in [5, 5.41) is 19.5. The number of fused-ring (bicyclic) bond motifs is 1. The number of phenols is 2. The van der Waals surface area contributed by atoms with Gasteiger partial charge in [-0.15, -0.1) is 0 Å². The van der Waals surface area contributed by atoms with Crippen LogP contribution in [0.1, 0.15) is 11.1 Å². The van der Waals surface area contributed by atoms with E-state index in [1.54, 1.807) is 6.92 Å². The predicted molar refractivity (Wildman–Crippen MR) is 80.7 cm³/mol. The van der Waals surface area contributed by atoms with Gasteiger partial charge in [-0.25, -0.2) is 0 Å². The fourth-order valence-corrected chi connectivity index (χ4v) is 2.46. The van der Waals surface area contributed by atoms with Gasteiger partial charge < -0.3 is 14.6 Å². The number of hydrogen-bond donors (Lipinski definition) is 2. The first-order valence-electron chi connectivity index (χ1n) is 6.54. The van der Waals surface area contributed by atoms with Crippen LogP contribution < -0.4 is 5.43 Å². The van der Waals surface area contributed by atoms with Crippen molar-refractivity contribution >= 4 is 11.0 Å². The van der Waals surface area contributed by atoms with E-state index in [0.29, 0.717) is 11.3 Å². The highest BCUT2D eigenvalue weighted by atomic mass is 16.3. The molecule has 0 bridgehead atoms. The lowest BCUT2D eigenvalue weighted by Gasteiger charge is -2.10. The molecule has 1 heterocycles. The van der Waals surface area contributed by atoms with E-state index in [1.165, 1.54) is 6.07 Å². The highest BCUT2D eigenvalue weighted by Crippen LogP contribution is 2.33. The van der Waals surface area contributed by atoms with Crippen LogP contribution in [-0.2, 0) is 0 Å². The molecule has 1 aromatic heterocycles. The van der Waals surface area contributed by atoms with Crippen LogP contribution in [0.4, 0.5) is 0 Å². The van der Waals surface area contributed by atoms with Crippen LogP contribution in [-0.4, -0.2) is 10.2 Å². The molecule has 0 saturated heterocycles. The highest BCUT2D eigenvalue weighted by Gasteiger charge is 2.17. The van der Waals surface area contributed by atoms with Gasteiger partial charge in [0.05, 0.1) is 0 Å². The van der Waals surface area contributed by atoms with Crippen LogP contribution >= 0.6 is 0 Å². The van der Waals surface area contributed by atoms with Crippen molar-refractivity contribution in [1.29, 1.82) is 0 Å². The van der Waals surface area contributed by atoms with Crippen LogP contribution in [0.15, 0.2) is 45.6 Å². The zero-order valence-electron chi connectivity index (χ0n) is 11.7. The summed E-state index contributed by atoms with van der Waals surface area (Å²) in [6.07, 6.45) is 0. The molecule has 2 aromatic carbocycles. The Hall–Kier alpha value is -2.75. The monoisotopic (exact) mass is 282 g/mol. The van der Waals surface area contributed by atoms with Gasteiger partial charge in [-0.1, -0.05) is 24.3 Å². The normalized spacial score (nSPS) is 11.0. The second kappa shape index (κ2) is 4.66. The first kappa shape index (κ1) is 13.2. The number of hydrogen-bond acceptors (Lipinski definition) is 4. The zero-order valence-corrected chi connectivity index (χ0v) is 11.7. The molecule has 2 N–H and O–H groups in total. The van der Waals surface area contributed by atoms with Gasteiger partial charge in [0.1, 0.15) is 28.2 Å². The van der Waals surface area contributed by atoms with Crippen molar-refractivity contribution < 1.29 is 14.6 Å². The van der Waals surface area contributed by atoms with Crippen LogP contribution in [0.2, 0.25) is 0 Å². The molecular formula is C17H14O4. The molecule has 0 saturated carbocycles. The first-order valence-corrected chi connectivity index (χ1v) is 6.54. The lowest BCUT2D eigenvalue weighted by Crippen LogP contribution is -2.07. The smallest absolute Gasteiger partial charge is 0.199 e. The first-order chi connectivity index (χ1) is 9.99. The lowest BCUT2D eigenvalue weighted by molar-refractivity contribution is 0.452. The summed E-state index contributed by atoms with van der Waals surface area (Å²) >= 11 is 0. The molecule has 0 radical (unpaired) electrons. The maximum absolute atomic E-state index is 12.5. The third-order valence-electron chi connectivity index (χ3n) is 3.58. The molecular weight excluding hydrogens is 268 g/mol. The Kier molecular flexibility index (Phi) is 2.94. The van der Waals surface area contributed by atoms with E-state index < -0.39 is 0 Å². The Morgan fingerprint density at radius 2 is 1.76 bits per heavy atom. The minimum absolute atomic E-state index is 0.0858. The Labute approximate surface area is 120 Å². The second-order valence-electron chi connectivity index (χ2n) is 5.04. The number of aromatic hydroxyl groups is 2. The second-order valence-corrected chi connectivity index (χ2v) is 5.04. The van der Waals surface area contributed by atoms with Crippen LogP contribution in [0.5, 0.6) is 11.5 Å². The van der Waals surface area contributed by atoms with Crippen LogP contribution in [0, 0.1) is 13.8 Å². The average Bonchev–Trinajstić information content (AvgIpc) is 2.43. The Bertz CT molecular complexity index is 907. The van der Waals surface area contributed by atoms with Crippen molar-refractivity contribution in [2.75, 3.05) is 0 Å². The van der Waals surface area contributed by atoms with Gasteiger partial charge in [0.15, 0.2) is 5.43 Å². The molecule has 0 fully saturated rings. The third kappa shape index (κ3) is 2.05. The van der Waals surface area contributed by atoms with Gasteiger partial charge in [0.25, 0.3) is 0 Å². The molecule has 4 nitrogen and oxygen atoms in total. The molecule has 0 aliphatic rings. The van der Waals surface area contributed by atoms with Crippen LogP contribution in [0.25, 0.3) is 22.3 Å². The van der Waals surface area contributed by atoms with Gasteiger partial charge in [0, 0.05) is 23.3 Å². The molecule has 0 atom stereocenters. The van der Waals surface area contributed by atoms with Crippen molar-refractivity contribution in [3.8, 4) is 22.8 Å². The summed E-state index contributed by atoms with van der Waals surface area (Å²) in [5.41, 5.74) is 2.09. The summed E-state index contributed by atoms with van der Waals surface area (Å²) in [5.74, 6) is 0.0246. The quantitative estimate of drug-likeness (QED) is 0.716. The molecule has 4 heteroatoms. The number of phenolic OH excluding ortho intramolecular Hbond substituents is 2. The predicted octanol–water partition coefficient (Wildman–Crippen LogP) is 3.49. The van der Waals surface area contributed by atoms with E-state index in [0.717, 1.165) is 17.2 Å². The molecule has 3 aromatic rings. The van der Waals surface area contributed by atoms with E-state index in [1.807, 2.05) is 31.2 Å². The number of rotatable bonds is 1. The van der Waals surface area contributed by atoms with E-state index in [-0.39, 0.29) is 27.9 Å². The van der Waals surface area contributed by atoms with E-state index >= 15 is 0 Å². The van der Waals surface area contributed by atoms with E-state index in [9.17, 15) is 15.0 Å². The Morgan fingerprint density at radius 3 is 2.48 bits per heavy atom. The van der Waals surface area contributed by atoms with Crippen LogP contribution in [0.3, 0.4) is 0 Å². The van der Waals surface area contributed by atoms with E-state index in [2.05, 4.69) is 0 Å². The Morgan fingerprint density at radius 1 is 1.05 bits per heavy atom. The van der Waals surface area contributed by atoms with Crippen molar-refractivity contribution in [2.24, 2.45) is 0 Å². The van der Waals surface area contributed by atoms with Gasteiger partial charge in [-0.2, -0.15) is 0 Å². The molecule has 0 aliphatic heterocycles. The maximum Gasteiger partial charge on any atom is 0.199 e. The van der Waals surface area contributed by atoms with Gasteiger partial charge in [-0.05, 0) is 19.4 Å². The Balaban J connectivity index is 2.44. The summed E-state index contributed by atoms with van der Waals surface area (Å²) in [7, 11) is 0. The lowest BCUT2D eigenvalue weighted by atomic mass is 10.0. The largest absolute Gasteiger partial charge is 0.508 e. The summed E-state index contributed by atoms with van der Waals surface area (Å²) in [6.45, 7) is 3.60. The van der Waals surface area contributed by atoms with E-state index in [4.69, 9.17) is 4.42 Å². The van der Waals surface area contributed by atoms with Crippen molar-refractivity contribution in [2.45, 2.75) is 13.8 Å². The molecule has 106 valence electrons. The topological polar surface area (TPSA) is 70.7 Å². The third-order valence-corrected chi connectivity index (χ3v) is 3.58. The fraction of sp³-hybridized carbons (Fsp3) is 0.118. The zero-order chi connectivity index (χ0) is 15.1. The minimum atomic E-state index is -0.299. The summed E-state index contributed by atoms with van der Waals surface area (Å²) in [4.78, 5) is 12.5. The SMILES string of the molecule is Cc1ccccc1-c1oc2cc(O)cc(O)c2c(=O)c1C. The van der Waals surface area contributed by atoms with Crippen molar-refractivity contribution in [3.05, 3.63) is 57.7 Å². The number of aryl methyl sites for hydroxylation is 1. The van der Waals surface area contributed by atoms with Crippen molar-refractivity contribution in [1.82, 2.24) is 0 Å².